The largest absolute Gasteiger partial charge is 0.481 e. The molecule has 0 spiro atoms. The Morgan fingerprint density at radius 1 is 1.28 bits per heavy atom. The van der Waals surface area contributed by atoms with Crippen molar-refractivity contribution in [2.75, 3.05) is 13.1 Å². The third-order valence-corrected chi connectivity index (χ3v) is 4.33. The van der Waals surface area contributed by atoms with E-state index in [4.69, 9.17) is 5.11 Å². The summed E-state index contributed by atoms with van der Waals surface area (Å²) in [6.45, 7) is 2.03. The number of benzene rings is 1. The average Bonchev–Trinajstić information content (AvgIpc) is 2.93. The van der Waals surface area contributed by atoms with Crippen molar-refractivity contribution in [1.29, 1.82) is 0 Å². The highest BCUT2D eigenvalue weighted by Crippen LogP contribution is 2.30. The second-order valence-corrected chi connectivity index (χ2v) is 5.58. The first-order valence-electron chi connectivity index (χ1n) is 6.75. The van der Waals surface area contributed by atoms with E-state index in [0.717, 1.165) is 32.4 Å². The average molecular weight is 245 g/mol. The maximum Gasteiger partial charge on any atom is 0.303 e. The standard InChI is InChI=1S/C15H19NO2/c17-15(18)7-11-5-6-16(10-11)14-8-12-3-1-2-4-13(12)9-14/h1-4,11,14H,5-10H2,(H,17,18). The molecule has 0 amide bonds. The zero-order valence-electron chi connectivity index (χ0n) is 10.5. The maximum atomic E-state index is 10.7. The van der Waals surface area contributed by atoms with Crippen LogP contribution < -0.4 is 0 Å². The number of aliphatic carboxylic acids is 1. The number of fused-ring (bicyclic) bond motifs is 1. The Morgan fingerprint density at radius 3 is 2.56 bits per heavy atom. The number of carboxylic acids is 1. The van der Waals surface area contributed by atoms with Gasteiger partial charge in [0.05, 0.1) is 0 Å². The first-order valence-corrected chi connectivity index (χ1v) is 6.75. The number of carboxylic acid groups (broad SMARTS) is 1. The fourth-order valence-corrected chi connectivity index (χ4v) is 3.40. The highest BCUT2D eigenvalue weighted by molar-refractivity contribution is 5.67. The van der Waals surface area contributed by atoms with E-state index >= 15 is 0 Å². The molecular weight excluding hydrogens is 226 g/mol. The van der Waals surface area contributed by atoms with Gasteiger partial charge in [-0.3, -0.25) is 9.69 Å². The number of carbonyl (C=O) groups is 1. The van der Waals surface area contributed by atoms with Crippen LogP contribution in [0.4, 0.5) is 0 Å². The van der Waals surface area contributed by atoms with Crippen molar-refractivity contribution < 1.29 is 9.90 Å². The van der Waals surface area contributed by atoms with Crippen molar-refractivity contribution in [3.8, 4) is 0 Å². The van der Waals surface area contributed by atoms with E-state index < -0.39 is 5.97 Å². The summed E-state index contributed by atoms with van der Waals surface area (Å²) < 4.78 is 0. The van der Waals surface area contributed by atoms with Crippen molar-refractivity contribution in [2.45, 2.75) is 31.7 Å². The molecule has 1 N–H and O–H groups in total. The van der Waals surface area contributed by atoms with E-state index in [2.05, 4.69) is 29.2 Å². The van der Waals surface area contributed by atoms with E-state index in [0.29, 0.717) is 18.4 Å². The topological polar surface area (TPSA) is 40.5 Å². The van der Waals surface area contributed by atoms with Gasteiger partial charge in [-0.1, -0.05) is 24.3 Å². The maximum absolute atomic E-state index is 10.7. The van der Waals surface area contributed by atoms with E-state index in [1.807, 2.05) is 0 Å². The second kappa shape index (κ2) is 4.73. The Bertz CT molecular complexity index is 433. The molecule has 1 heterocycles. The van der Waals surface area contributed by atoms with Crippen LogP contribution in [0.3, 0.4) is 0 Å². The number of likely N-dealkylation sites (tertiary alicyclic amines) is 1. The molecule has 18 heavy (non-hydrogen) atoms. The van der Waals surface area contributed by atoms with Gasteiger partial charge >= 0.3 is 5.97 Å². The molecule has 3 nitrogen and oxygen atoms in total. The van der Waals surface area contributed by atoms with Crippen LogP contribution in [0.15, 0.2) is 24.3 Å². The third kappa shape index (κ3) is 2.27. The lowest BCUT2D eigenvalue weighted by Crippen LogP contribution is -2.34. The summed E-state index contributed by atoms with van der Waals surface area (Å²) in [5.41, 5.74) is 2.95. The summed E-state index contributed by atoms with van der Waals surface area (Å²) in [5, 5.41) is 8.85. The zero-order chi connectivity index (χ0) is 12.5. The lowest BCUT2D eigenvalue weighted by molar-refractivity contribution is -0.138. The van der Waals surface area contributed by atoms with Gasteiger partial charge < -0.3 is 5.11 Å². The van der Waals surface area contributed by atoms with Crippen LogP contribution in [-0.2, 0) is 17.6 Å². The number of hydrogen-bond acceptors (Lipinski definition) is 2. The van der Waals surface area contributed by atoms with Gasteiger partial charge in [0.15, 0.2) is 0 Å². The molecule has 0 bridgehead atoms. The van der Waals surface area contributed by atoms with Crippen molar-refractivity contribution in [3.05, 3.63) is 35.4 Å². The fourth-order valence-electron chi connectivity index (χ4n) is 3.40. The van der Waals surface area contributed by atoms with Crippen molar-refractivity contribution in [3.63, 3.8) is 0 Å². The quantitative estimate of drug-likeness (QED) is 0.885. The summed E-state index contributed by atoms with van der Waals surface area (Å²) in [6.07, 6.45) is 3.64. The first-order chi connectivity index (χ1) is 8.72. The number of rotatable bonds is 3. The van der Waals surface area contributed by atoms with Gasteiger partial charge in [0.1, 0.15) is 0 Å². The molecule has 3 heteroatoms. The zero-order valence-corrected chi connectivity index (χ0v) is 10.5. The predicted octanol–water partition coefficient (Wildman–Crippen LogP) is 1.95. The Morgan fingerprint density at radius 2 is 1.94 bits per heavy atom. The van der Waals surface area contributed by atoms with Crippen molar-refractivity contribution in [1.82, 2.24) is 4.90 Å². The molecule has 1 aliphatic carbocycles. The Balaban J connectivity index is 1.61. The van der Waals surface area contributed by atoms with Crippen molar-refractivity contribution >= 4 is 5.97 Å². The van der Waals surface area contributed by atoms with Crippen LogP contribution in [0.5, 0.6) is 0 Å². The molecule has 1 atom stereocenters. The molecule has 1 fully saturated rings. The molecule has 1 aromatic rings. The number of nitrogens with zero attached hydrogens (tertiary/aromatic N) is 1. The molecule has 0 saturated carbocycles. The molecule has 0 radical (unpaired) electrons. The van der Waals surface area contributed by atoms with Gasteiger partial charge in [-0.25, -0.2) is 0 Å². The van der Waals surface area contributed by atoms with E-state index in [1.54, 1.807) is 0 Å². The van der Waals surface area contributed by atoms with E-state index in [-0.39, 0.29) is 0 Å². The molecule has 1 aliphatic heterocycles. The van der Waals surface area contributed by atoms with E-state index in [1.165, 1.54) is 11.1 Å². The Labute approximate surface area is 107 Å². The molecule has 3 rings (SSSR count). The monoisotopic (exact) mass is 245 g/mol. The molecule has 1 aromatic carbocycles. The van der Waals surface area contributed by atoms with Gasteiger partial charge in [-0.05, 0) is 42.9 Å². The summed E-state index contributed by atoms with van der Waals surface area (Å²) in [5.74, 6) is -0.303. The molecule has 0 aromatic heterocycles. The molecule has 1 saturated heterocycles. The van der Waals surface area contributed by atoms with Gasteiger partial charge in [0.25, 0.3) is 0 Å². The van der Waals surface area contributed by atoms with Crippen LogP contribution >= 0.6 is 0 Å². The Kier molecular flexibility index (Phi) is 3.08. The summed E-state index contributed by atoms with van der Waals surface area (Å²) >= 11 is 0. The highest BCUT2D eigenvalue weighted by Gasteiger charge is 2.32. The van der Waals surface area contributed by atoms with Gasteiger partial charge in [0.2, 0.25) is 0 Å². The summed E-state index contributed by atoms with van der Waals surface area (Å²) in [6, 6.07) is 9.26. The van der Waals surface area contributed by atoms with Crippen molar-refractivity contribution in [2.24, 2.45) is 5.92 Å². The van der Waals surface area contributed by atoms with E-state index in [9.17, 15) is 4.79 Å². The molecule has 2 aliphatic rings. The van der Waals surface area contributed by atoms with Crippen LogP contribution in [-0.4, -0.2) is 35.1 Å². The minimum atomic E-state index is -0.656. The Hall–Kier alpha value is -1.35. The predicted molar refractivity (Wildman–Crippen MR) is 69.6 cm³/mol. The lowest BCUT2D eigenvalue weighted by atomic mass is 10.1. The first kappa shape index (κ1) is 11.7. The van der Waals surface area contributed by atoms with Crippen LogP contribution in [0, 0.1) is 5.92 Å². The SMILES string of the molecule is O=C(O)CC1CCN(C2Cc3ccccc3C2)C1. The van der Waals surface area contributed by atoms with Crippen LogP contribution in [0.1, 0.15) is 24.0 Å². The van der Waals surface area contributed by atoms with Gasteiger partial charge in [0, 0.05) is 19.0 Å². The lowest BCUT2D eigenvalue weighted by Gasteiger charge is -2.23. The number of hydrogen-bond donors (Lipinski definition) is 1. The van der Waals surface area contributed by atoms with Crippen LogP contribution in [0.25, 0.3) is 0 Å². The summed E-state index contributed by atoms with van der Waals surface area (Å²) in [7, 11) is 0. The summed E-state index contributed by atoms with van der Waals surface area (Å²) in [4.78, 5) is 13.2. The van der Waals surface area contributed by atoms with Crippen LogP contribution in [0.2, 0.25) is 0 Å². The smallest absolute Gasteiger partial charge is 0.303 e. The molecule has 1 unspecified atom stereocenters. The second-order valence-electron chi connectivity index (χ2n) is 5.58. The normalized spacial score (nSPS) is 24.3. The minimum absolute atomic E-state index is 0.330. The molecular formula is C15H19NO2. The molecule has 96 valence electrons. The highest BCUT2D eigenvalue weighted by atomic mass is 16.4. The fraction of sp³-hybridized carbons (Fsp3) is 0.533. The van der Waals surface area contributed by atoms with Gasteiger partial charge in [-0.2, -0.15) is 0 Å². The third-order valence-electron chi connectivity index (χ3n) is 4.33. The van der Waals surface area contributed by atoms with Gasteiger partial charge in [-0.15, -0.1) is 0 Å². The minimum Gasteiger partial charge on any atom is -0.481 e.